The number of fused-ring (bicyclic) bond motifs is 1. The number of benzene rings is 1. The van der Waals surface area contributed by atoms with Gasteiger partial charge in [-0.1, -0.05) is 6.07 Å². The highest BCUT2D eigenvalue weighted by atomic mass is 19.1. The third kappa shape index (κ3) is 2.65. The lowest BCUT2D eigenvalue weighted by Gasteiger charge is -2.19. The molecule has 0 saturated carbocycles. The molecule has 0 spiro atoms. The number of hydrogen-bond donors (Lipinski definition) is 2. The summed E-state index contributed by atoms with van der Waals surface area (Å²) in [6.45, 7) is 1.35. The molecule has 2 N–H and O–H groups in total. The van der Waals surface area contributed by atoms with Crippen LogP contribution in [0.3, 0.4) is 0 Å². The van der Waals surface area contributed by atoms with E-state index in [1.165, 1.54) is 22.9 Å². The molecule has 2 heterocycles. The van der Waals surface area contributed by atoms with Crippen molar-refractivity contribution in [3.05, 3.63) is 63.3 Å². The predicted octanol–water partition coefficient (Wildman–Crippen LogP) is 1.42. The van der Waals surface area contributed by atoms with Gasteiger partial charge in [0.2, 0.25) is 0 Å². The van der Waals surface area contributed by atoms with Crippen LogP contribution in [0.15, 0.2) is 35.3 Å². The number of rotatable bonds is 2. The number of halogens is 1. The Labute approximate surface area is 126 Å². The van der Waals surface area contributed by atoms with Gasteiger partial charge in [0.25, 0.3) is 11.5 Å². The predicted molar refractivity (Wildman–Crippen MR) is 81.4 cm³/mol. The Bertz CT molecular complexity index is 798. The zero-order valence-electron chi connectivity index (χ0n) is 12.1. The normalized spacial score (nSPS) is 13.5. The highest BCUT2D eigenvalue weighted by Gasteiger charge is 2.18. The first kappa shape index (κ1) is 14.5. The van der Waals surface area contributed by atoms with Gasteiger partial charge >= 0.3 is 0 Å². The van der Waals surface area contributed by atoms with Crippen LogP contribution >= 0.6 is 0 Å². The number of aryl methyl sites for hydroxylation is 1. The van der Waals surface area contributed by atoms with E-state index in [-0.39, 0.29) is 16.8 Å². The average Bonchev–Trinajstić information content (AvgIpc) is 2.53. The summed E-state index contributed by atoms with van der Waals surface area (Å²) >= 11 is 0. The Morgan fingerprint density at radius 1 is 1.36 bits per heavy atom. The monoisotopic (exact) mass is 301 g/mol. The van der Waals surface area contributed by atoms with Crippen LogP contribution in [0, 0.1) is 5.82 Å². The van der Waals surface area contributed by atoms with E-state index in [0.29, 0.717) is 18.5 Å². The Kier molecular flexibility index (Phi) is 3.77. The van der Waals surface area contributed by atoms with Gasteiger partial charge in [0.15, 0.2) is 0 Å². The number of nitrogens with zero attached hydrogens (tertiary/aromatic N) is 1. The number of aromatic nitrogens is 1. The molecule has 0 bridgehead atoms. The van der Waals surface area contributed by atoms with Crippen LogP contribution in [-0.4, -0.2) is 17.0 Å². The first-order valence-corrected chi connectivity index (χ1v) is 7.05. The maximum absolute atomic E-state index is 14.5. The molecule has 1 aliphatic heterocycles. The molecule has 0 aliphatic carbocycles. The fourth-order valence-corrected chi connectivity index (χ4v) is 2.51. The van der Waals surface area contributed by atoms with E-state index in [1.807, 2.05) is 6.07 Å². The SMILES string of the molecule is Cn1ccc(C(=O)Nc2ccc3c(c2F)CCNC3)cc1=O. The molecule has 114 valence electrons. The van der Waals surface area contributed by atoms with E-state index < -0.39 is 11.7 Å². The third-order valence-electron chi connectivity index (χ3n) is 3.82. The summed E-state index contributed by atoms with van der Waals surface area (Å²) in [7, 11) is 1.60. The van der Waals surface area contributed by atoms with Crippen LogP contribution in [0.25, 0.3) is 0 Å². The van der Waals surface area contributed by atoms with Gasteiger partial charge in [0.1, 0.15) is 5.82 Å². The lowest BCUT2D eigenvalue weighted by Crippen LogP contribution is -2.25. The summed E-state index contributed by atoms with van der Waals surface area (Å²) in [5, 5.41) is 5.72. The fraction of sp³-hybridized carbons (Fsp3) is 0.250. The van der Waals surface area contributed by atoms with Gasteiger partial charge in [-0.25, -0.2) is 4.39 Å². The molecule has 1 aromatic heterocycles. The van der Waals surface area contributed by atoms with E-state index >= 15 is 0 Å². The quantitative estimate of drug-likeness (QED) is 0.882. The Balaban J connectivity index is 1.88. The summed E-state index contributed by atoms with van der Waals surface area (Å²) in [6, 6.07) is 6.12. The number of anilines is 1. The number of pyridine rings is 1. The van der Waals surface area contributed by atoms with Crippen molar-refractivity contribution < 1.29 is 9.18 Å². The Hall–Kier alpha value is -2.47. The molecule has 2 aromatic rings. The highest BCUT2D eigenvalue weighted by Crippen LogP contribution is 2.24. The number of carbonyl (C=O) groups excluding carboxylic acids is 1. The number of nitrogens with one attached hydrogen (secondary N) is 2. The zero-order chi connectivity index (χ0) is 15.7. The van der Waals surface area contributed by atoms with Gasteiger partial charge < -0.3 is 15.2 Å². The standard InChI is InChI=1S/C16H16FN3O2/c1-20-7-5-10(8-14(20)21)16(22)19-13-3-2-11-9-18-6-4-12(11)15(13)17/h2-3,5,7-8,18H,4,6,9H2,1H3,(H,19,22). The minimum Gasteiger partial charge on any atom is -0.319 e. The lowest BCUT2D eigenvalue weighted by molar-refractivity contribution is 0.102. The maximum atomic E-state index is 14.5. The lowest BCUT2D eigenvalue weighted by atomic mass is 9.99. The molecular weight excluding hydrogens is 285 g/mol. The molecule has 0 saturated heterocycles. The van der Waals surface area contributed by atoms with Crippen molar-refractivity contribution >= 4 is 11.6 Å². The molecule has 0 radical (unpaired) electrons. The number of carbonyl (C=O) groups is 1. The summed E-state index contributed by atoms with van der Waals surface area (Å²) in [5.41, 5.74) is 1.62. The maximum Gasteiger partial charge on any atom is 0.255 e. The number of hydrogen-bond acceptors (Lipinski definition) is 3. The van der Waals surface area contributed by atoms with Gasteiger partial charge in [-0.15, -0.1) is 0 Å². The topological polar surface area (TPSA) is 63.1 Å². The summed E-state index contributed by atoms with van der Waals surface area (Å²) in [5.74, 6) is -0.887. The second kappa shape index (κ2) is 5.73. The van der Waals surface area contributed by atoms with Crippen LogP contribution < -0.4 is 16.2 Å². The minimum atomic E-state index is -0.495. The van der Waals surface area contributed by atoms with Gasteiger partial charge in [-0.05, 0) is 36.2 Å². The second-order valence-electron chi connectivity index (χ2n) is 5.31. The summed E-state index contributed by atoms with van der Waals surface area (Å²) < 4.78 is 15.8. The first-order chi connectivity index (χ1) is 10.6. The first-order valence-electron chi connectivity index (χ1n) is 7.05. The van der Waals surface area contributed by atoms with Crippen molar-refractivity contribution in [2.75, 3.05) is 11.9 Å². The van der Waals surface area contributed by atoms with Crippen molar-refractivity contribution in [3.63, 3.8) is 0 Å². The fourth-order valence-electron chi connectivity index (χ4n) is 2.51. The molecule has 6 heteroatoms. The van der Waals surface area contributed by atoms with Crippen molar-refractivity contribution in [3.8, 4) is 0 Å². The molecule has 0 atom stereocenters. The van der Waals surface area contributed by atoms with E-state index in [1.54, 1.807) is 13.1 Å². The van der Waals surface area contributed by atoms with Crippen molar-refractivity contribution in [1.29, 1.82) is 0 Å². The van der Waals surface area contributed by atoms with Crippen molar-refractivity contribution in [1.82, 2.24) is 9.88 Å². The molecule has 1 aromatic carbocycles. The largest absolute Gasteiger partial charge is 0.319 e. The summed E-state index contributed by atoms with van der Waals surface area (Å²) in [6.07, 6.45) is 2.10. The van der Waals surface area contributed by atoms with Crippen molar-refractivity contribution in [2.45, 2.75) is 13.0 Å². The molecule has 1 amide bonds. The summed E-state index contributed by atoms with van der Waals surface area (Å²) in [4.78, 5) is 23.7. The third-order valence-corrected chi connectivity index (χ3v) is 3.82. The van der Waals surface area contributed by atoms with Gasteiger partial charge in [-0.3, -0.25) is 9.59 Å². The average molecular weight is 301 g/mol. The smallest absolute Gasteiger partial charge is 0.255 e. The van der Waals surface area contributed by atoms with Crippen LogP contribution in [-0.2, 0) is 20.0 Å². The second-order valence-corrected chi connectivity index (χ2v) is 5.31. The van der Waals surface area contributed by atoms with E-state index in [0.717, 1.165) is 12.1 Å². The van der Waals surface area contributed by atoms with Gasteiger partial charge in [0.05, 0.1) is 5.69 Å². The molecule has 22 heavy (non-hydrogen) atoms. The minimum absolute atomic E-state index is 0.145. The van der Waals surface area contributed by atoms with Crippen molar-refractivity contribution in [2.24, 2.45) is 7.05 Å². The number of amides is 1. The molecule has 1 aliphatic rings. The van der Waals surface area contributed by atoms with Crippen LogP contribution in [0.4, 0.5) is 10.1 Å². The van der Waals surface area contributed by atoms with Crippen LogP contribution in [0.1, 0.15) is 21.5 Å². The zero-order valence-corrected chi connectivity index (χ0v) is 12.1. The van der Waals surface area contributed by atoms with E-state index in [9.17, 15) is 14.0 Å². The van der Waals surface area contributed by atoms with E-state index in [2.05, 4.69) is 10.6 Å². The van der Waals surface area contributed by atoms with Gasteiger partial charge in [0, 0.05) is 31.4 Å². The van der Waals surface area contributed by atoms with Crippen LogP contribution in [0.5, 0.6) is 0 Å². The Morgan fingerprint density at radius 3 is 2.95 bits per heavy atom. The molecule has 0 unspecified atom stereocenters. The van der Waals surface area contributed by atoms with Gasteiger partial charge in [-0.2, -0.15) is 0 Å². The molecule has 5 nitrogen and oxygen atoms in total. The molecular formula is C16H16FN3O2. The van der Waals surface area contributed by atoms with Crippen LogP contribution in [0.2, 0.25) is 0 Å². The molecule has 3 rings (SSSR count). The Morgan fingerprint density at radius 2 is 2.18 bits per heavy atom. The highest BCUT2D eigenvalue weighted by molar-refractivity contribution is 6.04. The molecule has 0 fully saturated rings. The van der Waals surface area contributed by atoms with E-state index in [4.69, 9.17) is 0 Å².